The van der Waals surface area contributed by atoms with Crippen LogP contribution in [0.1, 0.15) is 5.56 Å². The first kappa shape index (κ1) is 21.0. The fourth-order valence-electron chi connectivity index (χ4n) is 2.99. The van der Waals surface area contributed by atoms with Crippen LogP contribution in [0.5, 0.6) is 0 Å². The van der Waals surface area contributed by atoms with Gasteiger partial charge in [0.05, 0.1) is 5.56 Å². The number of H-pyrrole nitrogens is 1. The average Bonchev–Trinajstić information content (AvgIpc) is 3.28. The number of carbonyl (C=O) groups is 1. The number of aromatic nitrogens is 4. The summed E-state index contributed by atoms with van der Waals surface area (Å²) in [6.45, 7) is 0. The Morgan fingerprint density at radius 1 is 0.844 bits per heavy atom. The molecule has 0 fully saturated rings. The molecule has 0 aliphatic rings. The second-order valence-electron chi connectivity index (χ2n) is 6.70. The number of tetrazole rings is 1. The van der Waals surface area contributed by atoms with Gasteiger partial charge in [-0.05, 0) is 64.9 Å². The minimum absolute atomic E-state index is 0.0228. The quantitative estimate of drug-likeness (QED) is 0.372. The van der Waals surface area contributed by atoms with E-state index in [4.69, 9.17) is 0 Å². The molecule has 0 saturated heterocycles. The Bertz CT molecular complexity index is 1240. The van der Waals surface area contributed by atoms with Crippen molar-refractivity contribution in [2.24, 2.45) is 0 Å². The van der Waals surface area contributed by atoms with Gasteiger partial charge < -0.3 is 10.6 Å². The number of urea groups is 1. The van der Waals surface area contributed by atoms with E-state index in [0.717, 1.165) is 12.1 Å². The minimum atomic E-state index is -4.53. The lowest BCUT2D eigenvalue weighted by atomic mass is 10.0. The molecule has 0 atom stereocenters. The predicted molar refractivity (Wildman–Crippen MR) is 109 cm³/mol. The number of halogens is 4. The van der Waals surface area contributed by atoms with Crippen LogP contribution in [-0.2, 0) is 6.18 Å². The van der Waals surface area contributed by atoms with E-state index in [1.54, 1.807) is 30.3 Å². The highest BCUT2D eigenvalue weighted by Gasteiger charge is 2.30. The Balaban J connectivity index is 1.61. The first-order valence-corrected chi connectivity index (χ1v) is 9.18. The lowest BCUT2D eigenvalue weighted by Crippen LogP contribution is -2.20. The van der Waals surface area contributed by atoms with E-state index in [2.05, 4.69) is 31.3 Å². The zero-order chi connectivity index (χ0) is 22.7. The topological polar surface area (TPSA) is 95.6 Å². The van der Waals surface area contributed by atoms with Gasteiger partial charge in [0.25, 0.3) is 0 Å². The van der Waals surface area contributed by atoms with Crippen molar-refractivity contribution in [2.75, 3.05) is 10.6 Å². The van der Waals surface area contributed by atoms with Crippen LogP contribution < -0.4 is 10.6 Å². The highest BCUT2D eigenvalue weighted by Crippen LogP contribution is 2.31. The van der Waals surface area contributed by atoms with Gasteiger partial charge >= 0.3 is 12.2 Å². The summed E-state index contributed by atoms with van der Waals surface area (Å²) in [5.74, 6) is -0.141. The largest absolute Gasteiger partial charge is 0.416 e. The van der Waals surface area contributed by atoms with Gasteiger partial charge in [-0.2, -0.15) is 18.4 Å². The zero-order valence-corrected chi connectivity index (χ0v) is 16.1. The molecule has 0 aliphatic heterocycles. The number of nitrogens with zero attached hydrogens (tertiary/aromatic N) is 3. The lowest BCUT2D eigenvalue weighted by Gasteiger charge is -2.12. The fourth-order valence-corrected chi connectivity index (χ4v) is 2.99. The molecule has 2 amide bonds. The third kappa shape index (κ3) is 4.89. The third-order valence-electron chi connectivity index (χ3n) is 4.42. The maximum Gasteiger partial charge on any atom is 0.416 e. The molecule has 32 heavy (non-hydrogen) atoms. The van der Waals surface area contributed by atoms with Crippen LogP contribution in [0.3, 0.4) is 0 Å². The highest BCUT2D eigenvalue weighted by molar-refractivity contribution is 6.00. The number of rotatable bonds is 4. The molecule has 0 unspecified atom stereocenters. The summed E-state index contributed by atoms with van der Waals surface area (Å²) < 4.78 is 52.0. The fraction of sp³-hybridized carbons (Fsp3) is 0.0476. The van der Waals surface area contributed by atoms with Gasteiger partial charge in [-0.3, -0.25) is 0 Å². The predicted octanol–water partition coefficient (Wildman–Crippen LogP) is 5.34. The molecule has 0 spiro atoms. The summed E-state index contributed by atoms with van der Waals surface area (Å²) in [7, 11) is 0. The number of benzene rings is 3. The van der Waals surface area contributed by atoms with Crippen molar-refractivity contribution in [1.82, 2.24) is 20.6 Å². The number of alkyl halides is 3. The molecule has 1 aromatic heterocycles. The first-order chi connectivity index (χ1) is 15.3. The Kier molecular flexibility index (Phi) is 5.54. The van der Waals surface area contributed by atoms with Crippen LogP contribution in [0.25, 0.3) is 22.5 Å². The second kappa shape index (κ2) is 8.46. The van der Waals surface area contributed by atoms with Crippen LogP contribution >= 0.6 is 0 Å². The summed E-state index contributed by atoms with van der Waals surface area (Å²) >= 11 is 0. The van der Waals surface area contributed by atoms with E-state index >= 15 is 0 Å². The number of anilines is 2. The molecule has 3 aromatic carbocycles. The van der Waals surface area contributed by atoms with Gasteiger partial charge in [0.15, 0.2) is 0 Å². The van der Waals surface area contributed by atoms with Crippen molar-refractivity contribution >= 4 is 17.4 Å². The van der Waals surface area contributed by atoms with Gasteiger partial charge in [-0.25, -0.2) is 9.18 Å². The monoisotopic (exact) mass is 442 g/mol. The minimum Gasteiger partial charge on any atom is -0.308 e. The van der Waals surface area contributed by atoms with Crippen molar-refractivity contribution in [3.05, 3.63) is 78.1 Å². The molecule has 7 nitrogen and oxygen atoms in total. The molecule has 0 radical (unpaired) electrons. The zero-order valence-electron chi connectivity index (χ0n) is 16.1. The van der Waals surface area contributed by atoms with E-state index in [-0.39, 0.29) is 11.5 Å². The van der Waals surface area contributed by atoms with Crippen LogP contribution in [0.4, 0.5) is 33.7 Å². The van der Waals surface area contributed by atoms with Gasteiger partial charge in [0, 0.05) is 16.9 Å². The van der Waals surface area contributed by atoms with E-state index in [0.29, 0.717) is 22.4 Å². The van der Waals surface area contributed by atoms with Crippen molar-refractivity contribution in [2.45, 2.75) is 6.18 Å². The molecular formula is C21H14F4N6O. The molecule has 0 aliphatic carbocycles. The van der Waals surface area contributed by atoms with Crippen molar-refractivity contribution in [3.63, 3.8) is 0 Å². The molecule has 4 rings (SSSR count). The van der Waals surface area contributed by atoms with Crippen LogP contribution in [0.2, 0.25) is 0 Å². The number of aromatic amines is 1. The molecule has 11 heteroatoms. The van der Waals surface area contributed by atoms with Gasteiger partial charge in [0.1, 0.15) is 5.82 Å². The number of amides is 2. The van der Waals surface area contributed by atoms with E-state index in [1.807, 2.05) is 0 Å². The maximum absolute atomic E-state index is 13.3. The standard InChI is InChI=1S/C21H14F4N6O/c22-16-6-4-12(5-7-16)13-8-14(19-28-30-31-29-19)10-18(9-13)27-20(32)26-17-3-1-2-15(11-17)21(23,24)25/h1-11H,(H2,26,27,32)(H,28,29,30,31). The normalized spacial score (nSPS) is 11.2. The maximum atomic E-state index is 13.3. The highest BCUT2D eigenvalue weighted by atomic mass is 19.4. The molecule has 162 valence electrons. The van der Waals surface area contributed by atoms with Crippen LogP contribution in [-0.4, -0.2) is 26.7 Å². The number of hydrogen-bond donors (Lipinski definition) is 3. The van der Waals surface area contributed by atoms with Crippen LogP contribution in [0.15, 0.2) is 66.7 Å². The lowest BCUT2D eigenvalue weighted by molar-refractivity contribution is -0.137. The Labute approximate surface area is 178 Å². The van der Waals surface area contributed by atoms with E-state index in [1.165, 1.54) is 24.3 Å². The van der Waals surface area contributed by atoms with E-state index in [9.17, 15) is 22.4 Å². The van der Waals surface area contributed by atoms with Gasteiger partial charge in [-0.1, -0.05) is 18.2 Å². The van der Waals surface area contributed by atoms with Crippen LogP contribution in [0, 0.1) is 5.82 Å². The third-order valence-corrected chi connectivity index (χ3v) is 4.42. The summed E-state index contributed by atoms with van der Waals surface area (Å²) in [5.41, 5.74) is 1.21. The molecule has 4 aromatic rings. The van der Waals surface area contributed by atoms with Crippen molar-refractivity contribution < 1.29 is 22.4 Å². The summed E-state index contributed by atoms with van der Waals surface area (Å²) in [6, 6.07) is 14.2. The Hall–Kier alpha value is -4.28. The van der Waals surface area contributed by atoms with E-state index < -0.39 is 23.6 Å². The summed E-state index contributed by atoms with van der Waals surface area (Å²) in [6.07, 6.45) is -4.53. The summed E-state index contributed by atoms with van der Waals surface area (Å²) in [4.78, 5) is 12.4. The van der Waals surface area contributed by atoms with Gasteiger partial charge in [-0.15, -0.1) is 10.2 Å². The second-order valence-corrected chi connectivity index (χ2v) is 6.70. The molecular weight excluding hydrogens is 428 g/mol. The smallest absolute Gasteiger partial charge is 0.308 e. The first-order valence-electron chi connectivity index (χ1n) is 9.18. The molecule has 0 saturated carbocycles. The SMILES string of the molecule is O=C(Nc1cc(-c2ccc(F)cc2)cc(-c2nn[nH]n2)c1)Nc1cccc(C(F)(F)F)c1. The van der Waals surface area contributed by atoms with Crippen molar-refractivity contribution in [1.29, 1.82) is 0 Å². The Morgan fingerprint density at radius 2 is 1.56 bits per heavy atom. The average molecular weight is 442 g/mol. The number of nitrogens with one attached hydrogen (secondary N) is 3. The summed E-state index contributed by atoms with van der Waals surface area (Å²) in [5, 5.41) is 18.6. The Morgan fingerprint density at radius 3 is 2.25 bits per heavy atom. The number of carbonyl (C=O) groups excluding carboxylic acids is 1. The molecule has 3 N–H and O–H groups in total. The molecule has 1 heterocycles. The number of hydrogen-bond acceptors (Lipinski definition) is 4. The molecule has 0 bridgehead atoms. The van der Waals surface area contributed by atoms with Crippen molar-refractivity contribution in [3.8, 4) is 22.5 Å². The van der Waals surface area contributed by atoms with Gasteiger partial charge in [0.2, 0.25) is 5.82 Å².